The highest BCUT2D eigenvalue weighted by atomic mass is 16.3. The number of amides is 1. The second kappa shape index (κ2) is 9.79. The highest BCUT2D eigenvalue weighted by Crippen LogP contribution is 2.43. The predicted octanol–water partition coefficient (Wildman–Crippen LogP) is 6.08. The van der Waals surface area contributed by atoms with E-state index in [9.17, 15) is 14.7 Å². The Balaban J connectivity index is 1.90. The fourth-order valence-corrected chi connectivity index (χ4v) is 4.74. The van der Waals surface area contributed by atoms with Crippen LogP contribution in [0.25, 0.3) is 5.76 Å². The number of aliphatic hydroxyl groups excluding tert-OH is 1. The number of anilines is 2. The Labute approximate surface area is 207 Å². The van der Waals surface area contributed by atoms with E-state index in [1.165, 1.54) is 4.90 Å². The van der Waals surface area contributed by atoms with Crippen LogP contribution in [0.4, 0.5) is 11.4 Å². The Bertz CT molecular complexity index is 1300. The molecule has 0 bridgehead atoms. The van der Waals surface area contributed by atoms with Gasteiger partial charge in [-0.15, -0.1) is 0 Å². The van der Waals surface area contributed by atoms with E-state index in [-0.39, 0.29) is 11.3 Å². The Morgan fingerprint density at radius 1 is 0.857 bits per heavy atom. The molecule has 1 aliphatic rings. The molecule has 3 aromatic rings. The molecular weight excluding hydrogens is 436 g/mol. The number of nitrogens with zero attached hydrogens (tertiary/aromatic N) is 2. The smallest absolute Gasteiger partial charge is 0.300 e. The molecule has 0 aliphatic carbocycles. The molecule has 5 heteroatoms. The number of ketones is 1. The van der Waals surface area contributed by atoms with Gasteiger partial charge in [0.15, 0.2) is 0 Å². The molecule has 1 atom stereocenters. The first-order chi connectivity index (χ1) is 16.8. The Morgan fingerprint density at radius 2 is 1.51 bits per heavy atom. The van der Waals surface area contributed by atoms with E-state index in [0.717, 1.165) is 41.0 Å². The SMILES string of the molecule is CCN(CC)c1ccc(N2C(=O)C(=O)/C(=C(/O)c3ccc(C)c(C)c3)C2c2ccccc2C)cc1. The van der Waals surface area contributed by atoms with Gasteiger partial charge in [0, 0.05) is 30.0 Å². The summed E-state index contributed by atoms with van der Waals surface area (Å²) in [6.07, 6.45) is 0. The summed E-state index contributed by atoms with van der Waals surface area (Å²) >= 11 is 0. The third-order valence-corrected chi connectivity index (χ3v) is 6.96. The number of aryl methyl sites for hydroxylation is 3. The zero-order valence-electron chi connectivity index (χ0n) is 21.0. The fraction of sp³-hybridized carbons (Fsp3) is 0.267. The van der Waals surface area contributed by atoms with Gasteiger partial charge in [-0.2, -0.15) is 0 Å². The van der Waals surface area contributed by atoms with E-state index in [2.05, 4.69) is 18.7 Å². The van der Waals surface area contributed by atoms with Crippen molar-refractivity contribution >= 4 is 28.8 Å². The van der Waals surface area contributed by atoms with E-state index in [4.69, 9.17) is 0 Å². The Morgan fingerprint density at radius 3 is 2.11 bits per heavy atom. The lowest BCUT2D eigenvalue weighted by atomic mass is 9.92. The molecule has 1 unspecified atom stereocenters. The molecule has 0 radical (unpaired) electrons. The summed E-state index contributed by atoms with van der Waals surface area (Å²) in [5, 5.41) is 11.4. The number of hydrogen-bond acceptors (Lipinski definition) is 4. The predicted molar refractivity (Wildman–Crippen MR) is 142 cm³/mol. The van der Waals surface area contributed by atoms with E-state index in [1.54, 1.807) is 6.07 Å². The maximum atomic E-state index is 13.4. The van der Waals surface area contributed by atoms with Gasteiger partial charge in [-0.05, 0) is 87.2 Å². The zero-order valence-corrected chi connectivity index (χ0v) is 21.0. The van der Waals surface area contributed by atoms with Crippen LogP contribution in [-0.4, -0.2) is 29.9 Å². The molecule has 1 heterocycles. The molecule has 0 aromatic heterocycles. The van der Waals surface area contributed by atoms with Gasteiger partial charge >= 0.3 is 0 Å². The molecule has 0 saturated carbocycles. The van der Waals surface area contributed by atoms with Gasteiger partial charge in [-0.25, -0.2) is 0 Å². The topological polar surface area (TPSA) is 60.9 Å². The van der Waals surface area contributed by atoms with Crippen LogP contribution in [0.15, 0.2) is 72.3 Å². The monoisotopic (exact) mass is 468 g/mol. The second-order valence-corrected chi connectivity index (χ2v) is 9.01. The number of carbonyl (C=O) groups excluding carboxylic acids is 2. The quantitative estimate of drug-likeness (QED) is 0.270. The lowest BCUT2D eigenvalue weighted by Crippen LogP contribution is -2.30. The van der Waals surface area contributed by atoms with Crippen LogP contribution < -0.4 is 9.80 Å². The Hall–Kier alpha value is -3.86. The van der Waals surface area contributed by atoms with E-state index in [0.29, 0.717) is 11.3 Å². The summed E-state index contributed by atoms with van der Waals surface area (Å²) in [6, 6.07) is 20.2. The van der Waals surface area contributed by atoms with Crippen molar-refractivity contribution in [3.8, 4) is 0 Å². The summed E-state index contributed by atoms with van der Waals surface area (Å²) in [6.45, 7) is 11.9. The zero-order chi connectivity index (χ0) is 25.3. The van der Waals surface area contributed by atoms with Gasteiger partial charge in [0.05, 0.1) is 11.6 Å². The van der Waals surface area contributed by atoms with Crippen molar-refractivity contribution in [3.63, 3.8) is 0 Å². The Kier molecular flexibility index (Phi) is 6.79. The number of benzene rings is 3. The number of Topliss-reactive ketones (excluding diaryl/α,β-unsaturated/α-hetero) is 1. The van der Waals surface area contributed by atoms with Gasteiger partial charge in [-0.1, -0.05) is 36.4 Å². The average Bonchev–Trinajstić information content (AvgIpc) is 3.12. The van der Waals surface area contributed by atoms with Gasteiger partial charge in [-0.3, -0.25) is 14.5 Å². The van der Waals surface area contributed by atoms with Crippen molar-refractivity contribution in [2.45, 2.75) is 40.7 Å². The van der Waals surface area contributed by atoms with Crippen molar-refractivity contribution in [2.75, 3.05) is 22.9 Å². The molecule has 4 rings (SSSR count). The number of carbonyl (C=O) groups is 2. The first kappa shape index (κ1) is 24.3. The van der Waals surface area contributed by atoms with Crippen LogP contribution in [0.3, 0.4) is 0 Å². The lowest BCUT2D eigenvalue weighted by Gasteiger charge is -2.27. The normalized spacial score (nSPS) is 17.2. The minimum atomic E-state index is -0.725. The fourth-order valence-electron chi connectivity index (χ4n) is 4.74. The molecule has 1 aliphatic heterocycles. The van der Waals surface area contributed by atoms with Gasteiger partial charge in [0.1, 0.15) is 5.76 Å². The van der Waals surface area contributed by atoms with Crippen molar-refractivity contribution in [3.05, 3.63) is 100 Å². The van der Waals surface area contributed by atoms with Crippen LogP contribution >= 0.6 is 0 Å². The number of hydrogen-bond donors (Lipinski definition) is 1. The van der Waals surface area contributed by atoms with Crippen molar-refractivity contribution in [2.24, 2.45) is 0 Å². The van der Waals surface area contributed by atoms with E-state index < -0.39 is 17.7 Å². The molecular formula is C30H32N2O3. The molecule has 35 heavy (non-hydrogen) atoms. The first-order valence-corrected chi connectivity index (χ1v) is 12.1. The summed E-state index contributed by atoms with van der Waals surface area (Å²) in [7, 11) is 0. The van der Waals surface area contributed by atoms with Crippen LogP contribution in [0.5, 0.6) is 0 Å². The summed E-state index contributed by atoms with van der Waals surface area (Å²) in [5.41, 5.74) is 6.16. The minimum Gasteiger partial charge on any atom is -0.507 e. The van der Waals surface area contributed by atoms with Gasteiger partial charge in [0.2, 0.25) is 0 Å². The van der Waals surface area contributed by atoms with Gasteiger partial charge in [0.25, 0.3) is 11.7 Å². The molecule has 1 amide bonds. The van der Waals surface area contributed by atoms with Crippen LogP contribution in [0.2, 0.25) is 0 Å². The number of rotatable bonds is 6. The van der Waals surface area contributed by atoms with Crippen molar-refractivity contribution < 1.29 is 14.7 Å². The molecule has 1 N–H and O–H groups in total. The lowest BCUT2D eigenvalue weighted by molar-refractivity contribution is -0.132. The summed E-state index contributed by atoms with van der Waals surface area (Å²) in [4.78, 5) is 30.6. The molecule has 180 valence electrons. The van der Waals surface area contributed by atoms with Crippen LogP contribution in [-0.2, 0) is 9.59 Å². The molecule has 3 aromatic carbocycles. The number of aliphatic hydroxyl groups is 1. The third kappa shape index (κ3) is 4.34. The first-order valence-electron chi connectivity index (χ1n) is 12.1. The van der Waals surface area contributed by atoms with Crippen molar-refractivity contribution in [1.82, 2.24) is 0 Å². The maximum Gasteiger partial charge on any atom is 0.300 e. The highest BCUT2D eigenvalue weighted by Gasteiger charge is 2.47. The average molecular weight is 469 g/mol. The summed E-state index contributed by atoms with van der Waals surface area (Å²) in [5.74, 6) is -1.47. The molecule has 0 spiro atoms. The minimum absolute atomic E-state index is 0.111. The standard InChI is InChI=1S/C30H32N2O3/c1-6-31(7-2)23-14-16-24(17-15-23)32-27(25-11-9-8-10-20(25)4)26(29(34)30(32)35)28(33)22-13-12-19(3)21(5)18-22/h8-18,27,33H,6-7H2,1-5H3/b28-26+. The van der Waals surface area contributed by atoms with Gasteiger partial charge < -0.3 is 10.0 Å². The van der Waals surface area contributed by atoms with E-state index in [1.807, 2.05) is 81.4 Å². The highest BCUT2D eigenvalue weighted by molar-refractivity contribution is 6.51. The van der Waals surface area contributed by atoms with Crippen LogP contribution in [0, 0.1) is 20.8 Å². The molecule has 1 saturated heterocycles. The summed E-state index contributed by atoms with van der Waals surface area (Å²) < 4.78 is 0. The maximum absolute atomic E-state index is 13.4. The molecule has 5 nitrogen and oxygen atoms in total. The second-order valence-electron chi connectivity index (χ2n) is 9.01. The van der Waals surface area contributed by atoms with Crippen LogP contribution in [0.1, 0.15) is 47.7 Å². The third-order valence-electron chi connectivity index (χ3n) is 6.96. The van der Waals surface area contributed by atoms with E-state index >= 15 is 0 Å². The molecule has 1 fully saturated rings. The largest absolute Gasteiger partial charge is 0.507 e. The van der Waals surface area contributed by atoms with Crippen molar-refractivity contribution in [1.29, 1.82) is 0 Å².